The van der Waals surface area contributed by atoms with Crippen LogP contribution in [0, 0.1) is 46.3 Å². The number of aliphatic hydroxyl groups excluding tert-OH is 5. The van der Waals surface area contributed by atoms with E-state index < -0.39 is 66.1 Å². The Hall–Kier alpha value is -1.04. The van der Waals surface area contributed by atoms with Crippen molar-refractivity contribution >= 4 is 33.2 Å². The number of piperidine rings is 1. The Morgan fingerprint density at radius 3 is 2.44 bits per heavy atom. The number of Topliss-reactive ketones (excluding diaryl/α,β-unsaturated/α-hetero) is 2. The zero-order valence-electron chi connectivity index (χ0n) is 31.9. The highest BCUT2D eigenvalue weighted by Gasteiger charge is 2.65. The molecule has 55 heavy (non-hydrogen) atoms. The fraction of sp³-hybridized carbons (Fsp3) is 0.854. The molecule has 8 aliphatic rings. The van der Waals surface area contributed by atoms with Crippen molar-refractivity contribution in [3.63, 3.8) is 0 Å². The summed E-state index contributed by atoms with van der Waals surface area (Å²) in [5.41, 5.74) is -3.03. The Labute approximate surface area is 332 Å². The van der Waals surface area contributed by atoms with E-state index in [9.17, 15) is 35.4 Å². The van der Waals surface area contributed by atoms with Gasteiger partial charge < -0.3 is 45.4 Å². The van der Waals surface area contributed by atoms with Crippen LogP contribution in [0.1, 0.15) is 96.3 Å². The van der Waals surface area contributed by atoms with Gasteiger partial charge in [-0.15, -0.1) is 0 Å². The molecule has 5 aliphatic carbocycles. The van der Waals surface area contributed by atoms with Crippen LogP contribution in [-0.2, 0) is 19.1 Å². The van der Waals surface area contributed by atoms with Crippen molar-refractivity contribution in [3.8, 4) is 0 Å². The molecule has 3 saturated heterocycles. The minimum absolute atomic E-state index is 0.00472. The zero-order valence-corrected chi connectivity index (χ0v) is 33.5. The molecule has 3 aliphatic heterocycles. The predicted molar refractivity (Wildman–Crippen MR) is 208 cm³/mol. The van der Waals surface area contributed by atoms with Crippen LogP contribution < -0.4 is 10.6 Å². The number of aliphatic hydroxyl groups is 6. The maximum absolute atomic E-state index is 15.3. The number of fused-ring (bicyclic) bond motifs is 5. The largest absolute Gasteiger partial charge is 0.511 e. The summed E-state index contributed by atoms with van der Waals surface area (Å²) in [5.74, 6) is -1.27. The summed E-state index contributed by atoms with van der Waals surface area (Å²) in [6.07, 6.45) is 8.49. The number of allylic oxidation sites excluding steroid dienone is 4. The van der Waals surface area contributed by atoms with Crippen LogP contribution in [0.3, 0.4) is 0 Å². The fourth-order valence-electron chi connectivity index (χ4n) is 12.4. The lowest BCUT2D eigenvalue weighted by molar-refractivity contribution is -0.350. The van der Waals surface area contributed by atoms with Gasteiger partial charge in [0.05, 0.1) is 36.6 Å². The second-order valence-electron chi connectivity index (χ2n) is 18.3. The zero-order chi connectivity index (χ0) is 38.5. The molecule has 0 aromatic heterocycles. The van der Waals surface area contributed by atoms with Gasteiger partial charge in [-0.2, -0.15) is 0 Å². The molecule has 3 heterocycles. The molecule has 7 fully saturated rings. The van der Waals surface area contributed by atoms with E-state index in [0.29, 0.717) is 37.5 Å². The lowest BCUT2D eigenvalue weighted by Gasteiger charge is -2.55. The Bertz CT molecular complexity index is 1490. The van der Waals surface area contributed by atoms with Gasteiger partial charge in [0.25, 0.3) is 0 Å². The molecule has 308 valence electrons. The van der Waals surface area contributed by atoms with E-state index in [4.69, 9.17) is 9.47 Å². The highest BCUT2D eigenvalue weighted by Crippen LogP contribution is 2.58. The molecule has 14 unspecified atom stereocenters. The summed E-state index contributed by atoms with van der Waals surface area (Å²) in [4.78, 5) is 30.1. The van der Waals surface area contributed by atoms with E-state index in [1.807, 2.05) is 6.08 Å². The number of hydrogen-bond donors (Lipinski definition) is 8. The van der Waals surface area contributed by atoms with Gasteiger partial charge in [0.1, 0.15) is 40.9 Å². The van der Waals surface area contributed by atoms with E-state index in [1.54, 1.807) is 16.9 Å². The lowest BCUT2D eigenvalue weighted by atomic mass is 9.52. The molecule has 0 amide bonds. The maximum atomic E-state index is 15.3. The maximum Gasteiger partial charge on any atom is 0.187 e. The number of carbonyl (C=O) groups is 2. The third-order valence-corrected chi connectivity index (χ3v) is 17.5. The number of carbonyl (C=O) groups excluding carboxylic acids is 2. The summed E-state index contributed by atoms with van der Waals surface area (Å²) in [6.45, 7) is 0.331. The van der Waals surface area contributed by atoms with Crippen LogP contribution in [0.2, 0.25) is 0 Å². The summed E-state index contributed by atoms with van der Waals surface area (Å²) < 4.78 is 12.6. The van der Waals surface area contributed by atoms with Gasteiger partial charge >= 0.3 is 0 Å². The van der Waals surface area contributed by atoms with Gasteiger partial charge in [-0.25, -0.2) is 0 Å². The number of nitrogens with one attached hydrogen (secondary N) is 2. The van der Waals surface area contributed by atoms with Gasteiger partial charge in [0.15, 0.2) is 12.1 Å². The second-order valence-corrected chi connectivity index (χ2v) is 20.8. The van der Waals surface area contributed by atoms with Gasteiger partial charge in [-0.05, 0) is 106 Å². The Kier molecular flexibility index (Phi) is 12.3. The van der Waals surface area contributed by atoms with Crippen LogP contribution in [0.4, 0.5) is 0 Å². The van der Waals surface area contributed by atoms with Gasteiger partial charge in [0, 0.05) is 18.3 Å². The number of hydrogen-bond acceptors (Lipinski definition) is 14. The van der Waals surface area contributed by atoms with E-state index in [0.717, 1.165) is 76.3 Å². The Morgan fingerprint density at radius 1 is 0.873 bits per heavy atom. The van der Waals surface area contributed by atoms with Crippen molar-refractivity contribution in [1.29, 1.82) is 0 Å². The van der Waals surface area contributed by atoms with Crippen molar-refractivity contribution in [3.05, 3.63) is 23.5 Å². The molecule has 8 rings (SSSR count). The summed E-state index contributed by atoms with van der Waals surface area (Å²) >= 11 is 0. The topological polar surface area (TPSA) is 198 Å². The second kappa shape index (κ2) is 16.5. The molecule has 0 aromatic carbocycles. The van der Waals surface area contributed by atoms with Gasteiger partial charge in [-0.3, -0.25) is 14.9 Å². The third-order valence-electron chi connectivity index (χ3n) is 15.3. The van der Waals surface area contributed by atoms with E-state index in [2.05, 4.69) is 10.6 Å². The molecular formula is C41H62N2O10S2. The molecule has 6 bridgehead atoms. The summed E-state index contributed by atoms with van der Waals surface area (Å²) in [6, 6.07) is 0. The molecule has 0 aromatic rings. The van der Waals surface area contributed by atoms with Crippen LogP contribution in [0.25, 0.3) is 0 Å². The summed E-state index contributed by atoms with van der Waals surface area (Å²) in [7, 11) is 3.06. The molecule has 0 radical (unpaired) electrons. The van der Waals surface area contributed by atoms with Crippen LogP contribution in [-0.4, -0.2) is 116 Å². The first-order valence-electron chi connectivity index (χ1n) is 21.0. The molecule has 2 spiro atoms. The standard InChI is InChI=1S/C41H62N2O10S2/c44-18-24-6-3-5-23(13-24)14-25-15-28-34(47)27-7-4-8-29-33(27)36(49)40(28,31(46)16-25)21-54-55-22-43-32-17-26(9-12-42-32)39(10-1-2-11-39)20-41(51)35(48)30(19-45)53-38(52-29)37(41)50/h15-16,23-24,26-30,32-33,35,37-38,42-46,48,50-51H,1-14,17-22H2. The Balaban J connectivity index is 1.14. The first-order valence-corrected chi connectivity index (χ1v) is 23.5. The molecule has 12 nitrogen and oxygen atoms in total. The van der Waals surface area contributed by atoms with Crippen LogP contribution in [0.5, 0.6) is 0 Å². The SMILES string of the molecule is O=C1C2CCCC3OC4OC(CO)C(O)C(O)(CC5(CCCC5)C5CCNC(C5)NCSSCC5(C(=O)C32)C(O)=CC(CC2CCCC(CO)C2)=CC15)C4O. The van der Waals surface area contributed by atoms with Gasteiger partial charge in [0.2, 0.25) is 0 Å². The minimum atomic E-state index is -2.06. The average molecular weight is 807 g/mol. The Morgan fingerprint density at radius 2 is 1.65 bits per heavy atom. The quantitative estimate of drug-likeness (QED) is 0.192. The van der Waals surface area contributed by atoms with E-state index >= 15 is 4.79 Å². The van der Waals surface area contributed by atoms with E-state index in [-0.39, 0.29) is 59.5 Å². The van der Waals surface area contributed by atoms with Crippen LogP contribution in [0.15, 0.2) is 23.5 Å². The van der Waals surface area contributed by atoms with Gasteiger partial charge in [-0.1, -0.05) is 59.8 Å². The first kappa shape index (κ1) is 40.7. The highest BCUT2D eigenvalue weighted by molar-refractivity contribution is 8.76. The fourth-order valence-corrected chi connectivity index (χ4v) is 14.8. The first-order chi connectivity index (χ1) is 26.5. The monoisotopic (exact) mass is 806 g/mol. The third kappa shape index (κ3) is 7.33. The average Bonchev–Trinajstić information content (AvgIpc) is 3.67. The van der Waals surface area contributed by atoms with E-state index in [1.165, 1.54) is 10.8 Å². The number of ketones is 2. The molecule has 14 heteroatoms. The smallest absolute Gasteiger partial charge is 0.187 e. The van der Waals surface area contributed by atoms with Crippen molar-refractivity contribution in [2.24, 2.45) is 46.3 Å². The van der Waals surface area contributed by atoms with Crippen molar-refractivity contribution in [1.82, 2.24) is 10.6 Å². The van der Waals surface area contributed by atoms with Crippen molar-refractivity contribution in [2.75, 3.05) is 31.4 Å². The number of rotatable bonds is 4. The molecular weight excluding hydrogens is 745 g/mol. The van der Waals surface area contributed by atoms with Crippen molar-refractivity contribution < 1.29 is 49.7 Å². The number of ether oxygens (including phenoxy) is 2. The minimum Gasteiger partial charge on any atom is -0.511 e. The van der Waals surface area contributed by atoms with Crippen molar-refractivity contribution in [2.45, 2.75) is 139 Å². The van der Waals surface area contributed by atoms with Crippen LogP contribution >= 0.6 is 21.6 Å². The lowest BCUT2D eigenvalue weighted by Crippen LogP contribution is -2.70. The summed E-state index contributed by atoms with van der Waals surface area (Å²) in [5, 5.41) is 75.8. The molecule has 4 saturated carbocycles. The molecule has 8 N–H and O–H groups in total. The normalized spacial score (nSPS) is 46.6. The highest BCUT2D eigenvalue weighted by atomic mass is 33.1. The predicted octanol–water partition coefficient (Wildman–Crippen LogP) is 3.50. The molecule has 14 atom stereocenters.